The smallest absolute Gasteiger partial charge is 0.307 e. The molecule has 0 fully saturated rings. The topological polar surface area (TPSA) is 136 Å². The molecule has 0 bridgehead atoms. The van der Waals surface area contributed by atoms with Crippen molar-refractivity contribution in [1.82, 2.24) is 15.7 Å². The van der Waals surface area contributed by atoms with Gasteiger partial charge in [0.2, 0.25) is 12.3 Å². The number of hydrogen-bond acceptors (Lipinski definition) is 6. The van der Waals surface area contributed by atoms with E-state index in [-0.39, 0.29) is 24.5 Å². The average molecular weight is 522 g/mol. The number of halogens is 1. The zero-order chi connectivity index (χ0) is 26.7. The summed E-state index contributed by atoms with van der Waals surface area (Å²) >= 11 is 1.15. The summed E-state index contributed by atoms with van der Waals surface area (Å²) in [6.07, 6.45) is 3.36. The Morgan fingerprint density at radius 2 is 1.89 bits per heavy atom. The number of aliphatic carboxylic acids is 1. The van der Waals surface area contributed by atoms with Crippen LogP contribution in [-0.4, -0.2) is 52.3 Å². The van der Waals surface area contributed by atoms with Gasteiger partial charge in [0.25, 0.3) is 5.91 Å². The average Bonchev–Trinajstić information content (AvgIpc) is 3.34. The lowest BCUT2D eigenvalue weighted by molar-refractivity contribution is -0.168. The third-order valence-electron chi connectivity index (χ3n) is 5.80. The number of amides is 3. The zero-order valence-corrected chi connectivity index (χ0v) is 21.1. The number of hydroxylamine groups is 2. The summed E-state index contributed by atoms with van der Waals surface area (Å²) < 4.78 is 13.9. The third kappa shape index (κ3) is 8.13. The van der Waals surface area contributed by atoms with Gasteiger partial charge < -0.3 is 15.7 Å². The van der Waals surface area contributed by atoms with Gasteiger partial charge in [0.15, 0.2) is 0 Å². The molecule has 1 aromatic heterocycles. The number of carboxylic acids is 1. The highest BCUT2D eigenvalue weighted by atomic mass is 32.1. The third-order valence-corrected chi connectivity index (χ3v) is 6.93. The highest BCUT2D eigenvalue weighted by Crippen LogP contribution is 2.29. The molecule has 2 aromatic rings. The van der Waals surface area contributed by atoms with E-state index < -0.39 is 36.1 Å². The van der Waals surface area contributed by atoms with Crippen molar-refractivity contribution >= 4 is 35.5 Å². The summed E-state index contributed by atoms with van der Waals surface area (Å²) in [4.78, 5) is 48.4. The number of nitrogens with zero attached hydrogens (tertiary/aromatic N) is 1. The highest BCUT2D eigenvalue weighted by Gasteiger charge is 2.30. The normalized spacial score (nSPS) is 12.4. The number of carboxylic acid groups (broad SMARTS) is 1. The van der Waals surface area contributed by atoms with E-state index in [1.165, 1.54) is 18.2 Å². The fourth-order valence-corrected chi connectivity index (χ4v) is 4.84. The Labute approximate surface area is 213 Å². The standard InChI is InChI=1S/C25H32FN3O6S/c1-3-5-6-7-18(20(4-2)29(35)15-30)24(33)27-14-28-25(34)22-11-10-21(36-22)16-8-9-19(26)17(12-16)13-23(31)32/h8-12,15,18,20,35H,3-7,13-14H2,1-2H3,(H,27,33)(H,28,34)(H,31,32). The van der Waals surface area contributed by atoms with Crippen molar-refractivity contribution in [2.45, 2.75) is 58.4 Å². The van der Waals surface area contributed by atoms with Crippen molar-refractivity contribution < 1.29 is 33.9 Å². The van der Waals surface area contributed by atoms with E-state index in [1.54, 1.807) is 19.1 Å². The number of benzene rings is 1. The summed E-state index contributed by atoms with van der Waals surface area (Å²) in [6.45, 7) is 3.67. The quantitative estimate of drug-likeness (QED) is 0.0925. The first kappa shape index (κ1) is 28.9. The Hall–Kier alpha value is -3.31. The van der Waals surface area contributed by atoms with Gasteiger partial charge in [-0.05, 0) is 48.2 Å². The van der Waals surface area contributed by atoms with Crippen LogP contribution in [0.4, 0.5) is 4.39 Å². The predicted octanol–water partition coefficient (Wildman–Crippen LogP) is 3.81. The molecule has 2 rings (SSSR count). The van der Waals surface area contributed by atoms with E-state index in [9.17, 15) is 28.8 Å². The van der Waals surface area contributed by atoms with E-state index in [0.717, 1.165) is 30.6 Å². The lowest BCUT2D eigenvalue weighted by Gasteiger charge is -2.29. The fraction of sp³-hybridized carbons (Fsp3) is 0.440. The predicted molar refractivity (Wildman–Crippen MR) is 133 cm³/mol. The first-order valence-corrected chi connectivity index (χ1v) is 12.6. The molecule has 0 aliphatic carbocycles. The van der Waals surface area contributed by atoms with Gasteiger partial charge in [0.1, 0.15) is 5.82 Å². The van der Waals surface area contributed by atoms with Gasteiger partial charge in [-0.1, -0.05) is 39.2 Å². The van der Waals surface area contributed by atoms with Crippen molar-refractivity contribution in [3.05, 3.63) is 46.6 Å². The van der Waals surface area contributed by atoms with Gasteiger partial charge >= 0.3 is 5.97 Å². The second-order valence-corrected chi connectivity index (χ2v) is 9.41. The lowest BCUT2D eigenvalue weighted by atomic mass is 9.90. The van der Waals surface area contributed by atoms with E-state index in [0.29, 0.717) is 33.2 Å². The first-order chi connectivity index (χ1) is 17.2. The van der Waals surface area contributed by atoms with Crippen molar-refractivity contribution in [3.63, 3.8) is 0 Å². The van der Waals surface area contributed by atoms with Gasteiger partial charge in [-0.15, -0.1) is 11.3 Å². The minimum absolute atomic E-state index is 0.0528. The molecule has 9 nitrogen and oxygen atoms in total. The molecule has 1 heterocycles. The monoisotopic (exact) mass is 521 g/mol. The van der Waals surface area contributed by atoms with Gasteiger partial charge in [0.05, 0.1) is 29.9 Å². The molecule has 0 radical (unpaired) electrons. The maximum atomic E-state index is 13.9. The van der Waals surface area contributed by atoms with Crippen LogP contribution in [0.2, 0.25) is 0 Å². The second kappa shape index (κ2) is 14.3. The fourth-order valence-electron chi connectivity index (χ4n) is 3.92. The Bertz CT molecular complexity index is 1060. The maximum absolute atomic E-state index is 13.9. The van der Waals surface area contributed by atoms with Gasteiger partial charge in [-0.3, -0.25) is 24.4 Å². The molecule has 0 saturated heterocycles. The Morgan fingerprint density at radius 3 is 2.53 bits per heavy atom. The minimum Gasteiger partial charge on any atom is -0.481 e. The summed E-state index contributed by atoms with van der Waals surface area (Å²) in [5.74, 6) is -3.17. The van der Waals surface area contributed by atoms with Crippen molar-refractivity contribution in [1.29, 1.82) is 0 Å². The maximum Gasteiger partial charge on any atom is 0.307 e. The molecule has 3 amide bonds. The molecule has 196 valence electrons. The Balaban J connectivity index is 2.01. The van der Waals surface area contributed by atoms with Gasteiger partial charge in [-0.2, -0.15) is 0 Å². The van der Waals surface area contributed by atoms with E-state index in [2.05, 4.69) is 10.6 Å². The molecule has 0 aliphatic rings. The van der Waals surface area contributed by atoms with Crippen LogP contribution in [0.15, 0.2) is 30.3 Å². The van der Waals surface area contributed by atoms with Gasteiger partial charge in [0, 0.05) is 4.88 Å². The van der Waals surface area contributed by atoms with Crippen molar-refractivity contribution in [2.75, 3.05) is 6.67 Å². The first-order valence-electron chi connectivity index (χ1n) is 11.8. The van der Waals surface area contributed by atoms with E-state index in [4.69, 9.17) is 5.11 Å². The number of nitrogens with one attached hydrogen (secondary N) is 2. The molecular formula is C25H32FN3O6S. The molecule has 0 saturated carbocycles. The molecule has 1 aromatic carbocycles. The number of thiophene rings is 1. The van der Waals surface area contributed by atoms with Crippen LogP contribution in [0.1, 0.15) is 61.2 Å². The Kier molecular flexibility index (Phi) is 11.5. The zero-order valence-electron chi connectivity index (χ0n) is 20.3. The second-order valence-electron chi connectivity index (χ2n) is 8.33. The van der Waals surface area contributed by atoms with E-state index >= 15 is 0 Å². The van der Waals surface area contributed by atoms with Crippen LogP contribution >= 0.6 is 11.3 Å². The number of unbranched alkanes of at least 4 members (excludes halogenated alkanes) is 2. The minimum atomic E-state index is -1.14. The molecule has 0 spiro atoms. The molecule has 0 aliphatic heterocycles. The number of carbonyl (C=O) groups excluding carboxylic acids is 3. The van der Waals surface area contributed by atoms with Crippen LogP contribution in [0.3, 0.4) is 0 Å². The SMILES string of the molecule is CCCCCC(C(=O)NCNC(=O)c1ccc(-c2ccc(F)c(CC(=O)O)c2)s1)C(CC)N(O)C=O. The van der Waals surface area contributed by atoms with Gasteiger partial charge in [-0.25, -0.2) is 9.45 Å². The summed E-state index contributed by atoms with van der Waals surface area (Å²) in [6, 6.07) is 6.76. The summed E-state index contributed by atoms with van der Waals surface area (Å²) in [5, 5.41) is 24.6. The lowest BCUT2D eigenvalue weighted by Crippen LogP contribution is -2.47. The molecule has 2 atom stereocenters. The molecule has 2 unspecified atom stereocenters. The van der Waals surface area contributed by atoms with Crippen molar-refractivity contribution in [3.8, 4) is 10.4 Å². The Morgan fingerprint density at radius 1 is 1.14 bits per heavy atom. The number of rotatable bonds is 15. The van der Waals surface area contributed by atoms with Crippen LogP contribution in [0, 0.1) is 11.7 Å². The highest BCUT2D eigenvalue weighted by molar-refractivity contribution is 7.17. The van der Waals surface area contributed by atoms with Crippen LogP contribution in [0.5, 0.6) is 0 Å². The summed E-state index contributed by atoms with van der Waals surface area (Å²) in [7, 11) is 0. The van der Waals surface area contributed by atoms with Crippen LogP contribution < -0.4 is 10.6 Å². The number of carbonyl (C=O) groups is 4. The van der Waals surface area contributed by atoms with Crippen LogP contribution in [-0.2, 0) is 20.8 Å². The molecule has 4 N–H and O–H groups in total. The summed E-state index contributed by atoms with van der Waals surface area (Å²) in [5.41, 5.74) is 0.645. The molecule has 36 heavy (non-hydrogen) atoms. The van der Waals surface area contributed by atoms with E-state index in [1.807, 2.05) is 6.92 Å². The van der Waals surface area contributed by atoms with Crippen LogP contribution in [0.25, 0.3) is 10.4 Å². The molecular weight excluding hydrogens is 489 g/mol. The number of hydrogen-bond donors (Lipinski definition) is 4. The van der Waals surface area contributed by atoms with Crippen molar-refractivity contribution in [2.24, 2.45) is 5.92 Å². The molecule has 11 heteroatoms. The largest absolute Gasteiger partial charge is 0.481 e.